The SMILES string of the molecule is COc1cccc(CCN2CCNCC2)c1C(C)F. The molecular weight excluding hydrogens is 243 g/mol. The van der Waals surface area contributed by atoms with Gasteiger partial charge in [0.2, 0.25) is 0 Å². The normalized spacial score (nSPS) is 18.3. The first kappa shape index (κ1) is 14.3. The zero-order valence-electron chi connectivity index (χ0n) is 11.8. The predicted octanol–water partition coefficient (Wildman–Crippen LogP) is 2.17. The average Bonchev–Trinajstić information content (AvgIpc) is 2.45. The van der Waals surface area contributed by atoms with Crippen LogP contribution >= 0.6 is 0 Å². The van der Waals surface area contributed by atoms with Crippen LogP contribution in [0.4, 0.5) is 4.39 Å². The maximum atomic E-state index is 13.8. The summed E-state index contributed by atoms with van der Waals surface area (Å²) in [5, 5.41) is 3.34. The monoisotopic (exact) mass is 266 g/mol. The number of hydrogen-bond donors (Lipinski definition) is 1. The number of ether oxygens (including phenoxy) is 1. The van der Waals surface area contributed by atoms with E-state index in [4.69, 9.17) is 4.74 Å². The second-order valence-electron chi connectivity index (χ2n) is 4.99. The smallest absolute Gasteiger partial charge is 0.126 e. The summed E-state index contributed by atoms with van der Waals surface area (Å²) in [6.07, 6.45) is -0.116. The van der Waals surface area contributed by atoms with E-state index in [-0.39, 0.29) is 0 Å². The highest BCUT2D eigenvalue weighted by Gasteiger charge is 2.16. The van der Waals surface area contributed by atoms with Crippen LogP contribution in [0.25, 0.3) is 0 Å². The number of rotatable bonds is 5. The number of nitrogens with one attached hydrogen (secondary N) is 1. The van der Waals surface area contributed by atoms with Crippen LogP contribution in [-0.2, 0) is 6.42 Å². The maximum Gasteiger partial charge on any atom is 0.126 e. The van der Waals surface area contributed by atoms with Gasteiger partial charge in [-0.1, -0.05) is 12.1 Å². The Balaban J connectivity index is 2.06. The van der Waals surface area contributed by atoms with Crippen molar-refractivity contribution >= 4 is 0 Å². The Bertz CT molecular complexity index is 403. The largest absolute Gasteiger partial charge is 0.496 e. The fourth-order valence-electron chi connectivity index (χ4n) is 2.65. The lowest BCUT2D eigenvalue weighted by Gasteiger charge is -2.27. The molecule has 0 radical (unpaired) electrons. The molecule has 1 atom stereocenters. The zero-order valence-corrected chi connectivity index (χ0v) is 11.8. The third-order valence-corrected chi connectivity index (χ3v) is 3.68. The van der Waals surface area contributed by atoms with Crippen LogP contribution in [-0.4, -0.2) is 44.7 Å². The van der Waals surface area contributed by atoms with E-state index in [1.807, 2.05) is 18.2 Å². The highest BCUT2D eigenvalue weighted by atomic mass is 19.1. The van der Waals surface area contributed by atoms with E-state index in [0.29, 0.717) is 11.3 Å². The number of piperazine rings is 1. The van der Waals surface area contributed by atoms with Crippen molar-refractivity contribution < 1.29 is 9.13 Å². The molecule has 1 aliphatic rings. The molecular formula is C15H23FN2O. The molecule has 4 heteroatoms. The second-order valence-corrected chi connectivity index (χ2v) is 4.99. The fourth-order valence-corrected chi connectivity index (χ4v) is 2.65. The standard InChI is InChI=1S/C15H23FN2O/c1-12(16)15-13(4-3-5-14(15)19-2)6-9-18-10-7-17-8-11-18/h3-5,12,17H,6-11H2,1-2H3. The van der Waals surface area contributed by atoms with Gasteiger partial charge in [-0.15, -0.1) is 0 Å². The summed E-state index contributed by atoms with van der Waals surface area (Å²) in [6.45, 7) is 6.80. The molecule has 0 aliphatic carbocycles. The Hall–Kier alpha value is -1.13. The summed E-state index contributed by atoms with van der Waals surface area (Å²) in [4.78, 5) is 2.42. The van der Waals surface area contributed by atoms with E-state index >= 15 is 0 Å². The third kappa shape index (κ3) is 3.67. The summed E-state index contributed by atoms with van der Waals surface area (Å²) in [5.74, 6) is 0.660. The van der Waals surface area contributed by atoms with Gasteiger partial charge in [-0.3, -0.25) is 0 Å². The van der Waals surface area contributed by atoms with Crippen molar-refractivity contribution in [1.29, 1.82) is 0 Å². The van der Waals surface area contributed by atoms with E-state index in [1.54, 1.807) is 14.0 Å². The molecule has 1 aromatic carbocycles. The molecule has 19 heavy (non-hydrogen) atoms. The van der Waals surface area contributed by atoms with Gasteiger partial charge in [-0.05, 0) is 25.0 Å². The Morgan fingerprint density at radius 3 is 2.74 bits per heavy atom. The Morgan fingerprint density at radius 2 is 2.11 bits per heavy atom. The van der Waals surface area contributed by atoms with Crippen molar-refractivity contribution in [3.63, 3.8) is 0 Å². The first-order valence-corrected chi connectivity index (χ1v) is 6.95. The van der Waals surface area contributed by atoms with Crippen LogP contribution in [0.3, 0.4) is 0 Å². The number of methoxy groups -OCH3 is 1. The van der Waals surface area contributed by atoms with Crippen molar-refractivity contribution in [2.45, 2.75) is 19.5 Å². The molecule has 0 aromatic heterocycles. The van der Waals surface area contributed by atoms with E-state index in [1.165, 1.54) is 0 Å². The number of alkyl halides is 1. The van der Waals surface area contributed by atoms with Crippen LogP contribution in [0, 0.1) is 0 Å². The number of nitrogens with zero attached hydrogens (tertiary/aromatic N) is 1. The van der Waals surface area contributed by atoms with Crippen molar-refractivity contribution in [2.24, 2.45) is 0 Å². The summed E-state index contributed by atoms with van der Waals surface area (Å²) in [5.41, 5.74) is 1.77. The summed E-state index contributed by atoms with van der Waals surface area (Å²) in [7, 11) is 1.60. The molecule has 0 bridgehead atoms. The molecule has 0 saturated carbocycles. The molecule has 1 heterocycles. The van der Waals surface area contributed by atoms with Gasteiger partial charge in [0.25, 0.3) is 0 Å². The molecule has 1 unspecified atom stereocenters. The third-order valence-electron chi connectivity index (χ3n) is 3.68. The van der Waals surface area contributed by atoms with Crippen LogP contribution < -0.4 is 10.1 Å². The van der Waals surface area contributed by atoms with Gasteiger partial charge in [0, 0.05) is 38.3 Å². The molecule has 0 spiro atoms. The maximum absolute atomic E-state index is 13.8. The number of halogens is 1. The molecule has 1 N–H and O–H groups in total. The fraction of sp³-hybridized carbons (Fsp3) is 0.600. The quantitative estimate of drug-likeness (QED) is 0.884. The van der Waals surface area contributed by atoms with Crippen LogP contribution in [0.15, 0.2) is 18.2 Å². The topological polar surface area (TPSA) is 24.5 Å². The van der Waals surface area contributed by atoms with Crippen LogP contribution in [0.1, 0.15) is 24.2 Å². The van der Waals surface area contributed by atoms with Gasteiger partial charge >= 0.3 is 0 Å². The van der Waals surface area contributed by atoms with Gasteiger partial charge < -0.3 is 15.0 Å². The lowest BCUT2D eigenvalue weighted by Crippen LogP contribution is -2.44. The second kappa shape index (κ2) is 6.87. The van der Waals surface area contributed by atoms with Gasteiger partial charge in [0.1, 0.15) is 11.9 Å². The Morgan fingerprint density at radius 1 is 1.37 bits per heavy atom. The lowest BCUT2D eigenvalue weighted by atomic mass is 10.00. The van der Waals surface area contributed by atoms with E-state index < -0.39 is 6.17 Å². The van der Waals surface area contributed by atoms with Crippen molar-refractivity contribution in [2.75, 3.05) is 39.8 Å². The first-order valence-electron chi connectivity index (χ1n) is 6.95. The van der Waals surface area contributed by atoms with Crippen LogP contribution in [0.2, 0.25) is 0 Å². The van der Waals surface area contributed by atoms with E-state index in [0.717, 1.165) is 44.7 Å². The van der Waals surface area contributed by atoms with Crippen molar-refractivity contribution in [3.8, 4) is 5.75 Å². The predicted molar refractivity (Wildman–Crippen MR) is 75.5 cm³/mol. The summed E-state index contributed by atoms with van der Waals surface area (Å²) in [6, 6.07) is 5.79. The summed E-state index contributed by atoms with van der Waals surface area (Å²) < 4.78 is 19.1. The van der Waals surface area contributed by atoms with E-state index in [9.17, 15) is 4.39 Å². The Labute approximate surface area is 114 Å². The first-order chi connectivity index (χ1) is 9.22. The molecule has 1 aliphatic heterocycles. The average molecular weight is 266 g/mol. The molecule has 1 fully saturated rings. The molecule has 1 aromatic rings. The zero-order chi connectivity index (χ0) is 13.7. The van der Waals surface area contributed by atoms with Gasteiger partial charge in [0.15, 0.2) is 0 Å². The van der Waals surface area contributed by atoms with Gasteiger partial charge in [0.05, 0.1) is 7.11 Å². The molecule has 1 saturated heterocycles. The minimum atomic E-state index is -0.992. The Kier molecular flexibility index (Phi) is 5.16. The lowest BCUT2D eigenvalue weighted by molar-refractivity contribution is 0.243. The number of hydrogen-bond acceptors (Lipinski definition) is 3. The molecule has 0 amide bonds. The molecule has 106 valence electrons. The number of benzene rings is 1. The molecule has 2 rings (SSSR count). The van der Waals surface area contributed by atoms with E-state index in [2.05, 4.69) is 10.2 Å². The minimum absolute atomic E-state index is 0.660. The minimum Gasteiger partial charge on any atom is -0.496 e. The van der Waals surface area contributed by atoms with Crippen molar-refractivity contribution in [3.05, 3.63) is 29.3 Å². The van der Waals surface area contributed by atoms with Crippen molar-refractivity contribution in [1.82, 2.24) is 10.2 Å². The highest BCUT2D eigenvalue weighted by Crippen LogP contribution is 2.31. The molecule has 3 nitrogen and oxygen atoms in total. The summed E-state index contributed by atoms with van der Waals surface area (Å²) >= 11 is 0. The van der Waals surface area contributed by atoms with Gasteiger partial charge in [-0.2, -0.15) is 0 Å². The van der Waals surface area contributed by atoms with Gasteiger partial charge in [-0.25, -0.2) is 4.39 Å². The highest BCUT2D eigenvalue weighted by molar-refractivity contribution is 5.42. The van der Waals surface area contributed by atoms with Crippen LogP contribution in [0.5, 0.6) is 5.75 Å².